The molecule has 0 radical (unpaired) electrons. The van der Waals surface area contributed by atoms with Crippen molar-refractivity contribution in [2.45, 2.75) is 51.2 Å². The highest BCUT2D eigenvalue weighted by Crippen LogP contribution is 2.30. The van der Waals surface area contributed by atoms with E-state index in [1.165, 1.54) is 6.26 Å². The van der Waals surface area contributed by atoms with Crippen LogP contribution >= 0.6 is 0 Å². The minimum Gasteiger partial charge on any atom is -0.493 e. The van der Waals surface area contributed by atoms with Gasteiger partial charge in [0.25, 0.3) is 0 Å². The Kier molecular flexibility index (Phi) is 7.61. The Morgan fingerprint density at radius 2 is 1.98 bits per heavy atom. The summed E-state index contributed by atoms with van der Waals surface area (Å²) in [6.07, 6.45) is 10.5. The molecule has 2 aliphatic rings. The minimum absolute atomic E-state index is 0.0313. The molecule has 13 heteroatoms. The van der Waals surface area contributed by atoms with Crippen LogP contribution in [0.15, 0.2) is 49.1 Å². The Morgan fingerprint density at radius 3 is 2.80 bits per heavy atom. The number of rotatable bonds is 9. The first kappa shape index (κ1) is 27.2. The number of nitrogens with zero attached hydrogens (tertiary/aromatic N) is 7. The molecule has 4 aromatic rings. The number of carbonyl (C=O) groups is 1. The molecule has 1 saturated carbocycles. The Morgan fingerprint density at radius 1 is 1.12 bits per heavy atom. The number of anilines is 1. The fraction of sp³-hybridized carbons (Fsp3) is 0.464. The normalized spacial score (nSPS) is 19.2. The van der Waals surface area contributed by atoms with Crippen LogP contribution in [0.2, 0.25) is 0 Å². The van der Waals surface area contributed by atoms with Crippen LogP contribution in [0.3, 0.4) is 0 Å². The van der Waals surface area contributed by atoms with Crippen molar-refractivity contribution in [2.75, 3.05) is 30.5 Å². The molecule has 0 saturated heterocycles. The molecule has 1 aliphatic heterocycles. The van der Waals surface area contributed by atoms with Gasteiger partial charge in [-0.25, -0.2) is 13.4 Å². The van der Waals surface area contributed by atoms with Crippen LogP contribution in [0.25, 0.3) is 16.7 Å². The van der Waals surface area contributed by atoms with Gasteiger partial charge in [0.2, 0.25) is 11.9 Å². The number of sulfone groups is 1. The van der Waals surface area contributed by atoms with Crippen molar-refractivity contribution in [1.82, 2.24) is 34.2 Å². The van der Waals surface area contributed by atoms with Crippen LogP contribution in [0, 0.1) is 5.92 Å². The summed E-state index contributed by atoms with van der Waals surface area (Å²) < 4.78 is 32.7. The van der Waals surface area contributed by atoms with Gasteiger partial charge in [-0.15, -0.1) is 10.2 Å². The SMILES string of the molecule is CS(=O)(=O)CCCOc1cccc2c1ccn2-c1ccnc(N[C@H]2CC[C@H](C(=O)N3CCn4cnnc4C3)CC2)n1. The third-order valence-corrected chi connectivity index (χ3v) is 8.89. The van der Waals surface area contributed by atoms with Crippen molar-refractivity contribution in [3.8, 4) is 11.6 Å². The van der Waals surface area contributed by atoms with E-state index in [4.69, 9.17) is 9.72 Å². The average Bonchev–Trinajstić information content (AvgIpc) is 3.62. The first-order chi connectivity index (χ1) is 19.8. The molecule has 216 valence electrons. The number of ether oxygens (including phenoxy) is 1. The maximum atomic E-state index is 13.2. The standard InChI is InChI=1S/C28H34N8O4S/c1-41(38,39)17-3-16-40-24-5-2-4-23-22(24)11-13-36(23)25-10-12-29-28(32-25)31-21-8-6-20(7-9-21)27(37)34-14-15-35-19-30-33-26(35)18-34/h2,4-5,10-13,19-21H,3,6-9,14-18H2,1H3,(H,29,31,32)/t20-,21-. The van der Waals surface area contributed by atoms with E-state index in [2.05, 4.69) is 20.5 Å². The Hall–Kier alpha value is -4.00. The van der Waals surface area contributed by atoms with Crippen molar-refractivity contribution in [2.24, 2.45) is 5.92 Å². The van der Waals surface area contributed by atoms with Gasteiger partial charge in [-0.3, -0.25) is 4.79 Å². The largest absolute Gasteiger partial charge is 0.493 e. The van der Waals surface area contributed by atoms with Gasteiger partial charge in [-0.1, -0.05) is 6.07 Å². The van der Waals surface area contributed by atoms with Gasteiger partial charge in [0.1, 0.15) is 27.7 Å². The highest BCUT2D eigenvalue weighted by atomic mass is 32.2. The predicted octanol–water partition coefficient (Wildman–Crippen LogP) is 2.84. The quantitative estimate of drug-likeness (QED) is 0.297. The molecular weight excluding hydrogens is 544 g/mol. The number of fused-ring (bicyclic) bond motifs is 2. The van der Waals surface area contributed by atoms with Crippen LogP contribution in [-0.2, 0) is 27.7 Å². The molecule has 3 aromatic heterocycles. The molecule has 0 atom stereocenters. The first-order valence-electron chi connectivity index (χ1n) is 14.0. The molecule has 6 rings (SSSR count). The summed E-state index contributed by atoms with van der Waals surface area (Å²) in [6.45, 7) is 2.30. The lowest BCUT2D eigenvalue weighted by molar-refractivity contribution is -0.138. The maximum absolute atomic E-state index is 13.2. The highest BCUT2D eigenvalue weighted by Gasteiger charge is 2.31. The molecule has 1 N–H and O–H groups in total. The monoisotopic (exact) mass is 578 g/mol. The van der Waals surface area contributed by atoms with Crippen molar-refractivity contribution in [3.63, 3.8) is 0 Å². The second kappa shape index (κ2) is 11.5. The maximum Gasteiger partial charge on any atom is 0.226 e. The van der Waals surface area contributed by atoms with Crippen LogP contribution in [0.4, 0.5) is 5.95 Å². The lowest BCUT2D eigenvalue weighted by Gasteiger charge is -2.34. The average molecular weight is 579 g/mol. The van der Waals surface area contributed by atoms with Gasteiger partial charge in [0.15, 0.2) is 5.82 Å². The molecule has 41 heavy (non-hydrogen) atoms. The fourth-order valence-corrected chi connectivity index (χ4v) is 6.34. The van der Waals surface area contributed by atoms with E-state index in [0.717, 1.165) is 54.8 Å². The van der Waals surface area contributed by atoms with Crippen molar-refractivity contribution in [1.29, 1.82) is 0 Å². The van der Waals surface area contributed by atoms with Gasteiger partial charge < -0.3 is 24.1 Å². The number of aromatic nitrogens is 6. The van der Waals surface area contributed by atoms with E-state index in [0.29, 0.717) is 37.8 Å². The van der Waals surface area contributed by atoms with Gasteiger partial charge in [0, 0.05) is 49.1 Å². The molecule has 0 bridgehead atoms. The number of amides is 1. The fourth-order valence-electron chi connectivity index (χ4n) is 5.70. The summed E-state index contributed by atoms with van der Waals surface area (Å²) in [4.78, 5) is 24.3. The predicted molar refractivity (Wildman–Crippen MR) is 153 cm³/mol. The van der Waals surface area contributed by atoms with Crippen LogP contribution < -0.4 is 10.1 Å². The van der Waals surface area contributed by atoms with E-state index in [9.17, 15) is 13.2 Å². The summed E-state index contributed by atoms with van der Waals surface area (Å²) in [5.74, 6) is 3.19. The number of hydrogen-bond acceptors (Lipinski definition) is 9. The molecular formula is C28H34N8O4S. The van der Waals surface area contributed by atoms with Crippen LogP contribution in [0.5, 0.6) is 5.75 Å². The number of carbonyl (C=O) groups excluding carboxylic acids is 1. The van der Waals surface area contributed by atoms with Gasteiger partial charge >= 0.3 is 0 Å². The zero-order valence-electron chi connectivity index (χ0n) is 23.0. The van der Waals surface area contributed by atoms with Crippen LogP contribution in [-0.4, -0.2) is 79.7 Å². The van der Waals surface area contributed by atoms with Crippen molar-refractivity contribution < 1.29 is 17.9 Å². The summed E-state index contributed by atoms with van der Waals surface area (Å²) in [5, 5.41) is 12.5. The van der Waals surface area contributed by atoms with E-state index in [-0.39, 0.29) is 23.6 Å². The van der Waals surface area contributed by atoms with Crippen molar-refractivity contribution in [3.05, 3.63) is 54.9 Å². The van der Waals surface area contributed by atoms with E-state index < -0.39 is 9.84 Å². The van der Waals surface area contributed by atoms with Gasteiger partial charge in [-0.05, 0) is 56.4 Å². The van der Waals surface area contributed by atoms with Gasteiger partial charge in [-0.2, -0.15) is 4.98 Å². The Balaban J connectivity index is 1.06. The Bertz CT molecular complexity index is 1640. The van der Waals surface area contributed by atoms with Crippen molar-refractivity contribution >= 4 is 32.6 Å². The Labute approximate surface area is 238 Å². The molecule has 4 heterocycles. The molecule has 1 fully saturated rings. The third kappa shape index (κ3) is 6.19. The number of nitrogens with one attached hydrogen (secondary N) is 1. The summed E-state index contributed by atoms with van der Waals surface area (Å²) >= 11 is 0. The second-order valence-corrected chi connectivity index (χ2v) is 13.1. The lowest BCUT2D eigenvalue weighted by atomic mass is 9.85. The van der Waals surface area contributed by atoms with E-state index in [1.54, 1.807) is 12.5 Å². The molecule has 1 aliphatic carbocycles. The molecule has 0 spiro atoms. The number of hydrogen-bond donors (Lipinski definition) is 1. The first-order valence-corrected chi connectivity index (χ1v) is 16.1. The minimum atomic E-state index is -3.01. The highest BCUT2D eigenvalue weighted by molar-refractivity contribution is 7.90. The summed E-state index contributed by atoms with van der Waals surface area (Å²) in [6, 6.07) is 9.84. The molecule has 0 unspecified atom stereocenters. The molecule has 1 aromatic carbocycles. The third-order valence-electron chi connectivity index (χ3n) is 7.86. The van der Waals surface area contributed by atoms with Crippen LogP contribution in [0.1, 0.15) is 37.9 Å². The molecule has 12 nitrogen and oxygen atoms in total. The zero-order chi connectivity index (χ0) is 28.4. The number of benzene rings is 1. The zero-order valence-corrected chi connectivity index (χ0v) is 23.8. The topological polar surface area (TPSA) is 137 Å². The summed E-state index contributed by atoms with van der Waals surface area (Å²) in [7, 11) is -3.01. The molecule has 1 amide bonds. The van der Waals surface area contributed by atoms with E-state index >= 15 is 0 Å². The van der Waals surface area contributed by atoms with Gasteiger partial charge in [0.05, 0.1) is 24.4 Å². The summed E-state index contributed by atoms with van der Waals surface area (Å²) in [5.41, 5.74) is 0.935. The van der Waals surface area contributed by atoms with E-state index in [1.807, 2.05) is 50.6 Å². The lowest BCUT2D eigenvalue weighted by Crippen LogP contribution is -2.43. The second-order valence-electron chi connectivity index (χ2n) is 10.8. The smallest absolute Gasteiger partial charge is 0.226 e.